The van der Waals surface area contributed by atoms with E-state index in [1.54, 1.807) is 0 Å². The van der Waals surface area contributed by atoms with Gasteiger partial charge in [0.25, 0.3) is 0 Å². The first kappa shape index (κ1) is 8.96. The summed E-state index contributed by atoms with van der Waals surface area (Å²) < 4.78 is 0. The molecule has 2 heteroatoms. The molecule has 0 aliphatic heterocycles. The van der Waals surface area contributed by atoms with E-state index in [9.17, 15) is 4.79 Å². The van der Waals surface area contributed by atoms with Crippen LogP contribution in [0.1, 0.15) is 42.2 Å². The van der Waals surface area contributed by atoms with Crippen LogP contribution in [0.5, 0.6) is 0 Å². The van der Waals surface area contributed by atoms with E-state index in [4.69, 9.17) is 5.11 Å². The lowest BCUT2D eigenvalue weighted by molar-refractivity contribution is -0.138. The van der Waals surface area contributed by atoms with E-state index in [1.165, 1.54) is 24.0 Å². The molecule has 2 saturated carbocycles. The third-order valence-corrected chi connectivity index (χ3v) is 3.50. The molecule has 3 rings (SSSR count). The van der Waals surface area contributed by atoms with E-state index >= 15 is 0 Å². The highest BCUT2D eigenvalue weighted by atomic mass is 16.4. The van der Waals surface area contributed by atoms with Crippen LogP contribution in [-0.4, -0.2) is 11.1 Å². The zero-order valence-corrected chi connectivity index (χ0v) is 8.52. The Labute approximate surface area is 88.9 Å². The number of hydrogen-bond donors (Lipinski definition) is 1. The fourth-order valence-electron chi connectivity index (χ4n) is 2.30. The van der Waals surface area contributed by atoms with Gasteiger partial charge in [0.05, 0.1) is 5.92 Å². The lowest BCUT2D eigenvalue weighted by atomic mass is 10.0. The average molecular weight is 202 g/mol. The summed E-state index contributed by atoms with van der Waals surface area (Å²) in [6.07, 6.45) is 3.43. The van der Waals surface area contributed by atoms with Crippen molar-refractivity contribution in [3.63, 3.8) is 0 Å². The second-order valence-corrected chi connectivity index (χ2v) is 4.73. The van der Waals surface area contributed by atoms with E-state index in [1.807, 2.05) is 0 Å². The number of carbonyl (C=O) groups is 1. The predicted molar refractivity (Wildman–Crippen MR) is 56.9 cm³/mol. The third-order valence-electron chi connectivity index (χ3n) is 3.50. The quantitative estimate of drug-likeness (QED) is 0.818. The van der Waals surface area contributed by atoms with Gasteiger partial charge in [0, 0.05) is 0 Å². The minimum absolute atomic E-state index is 0.126. The van der Waals surface area contributed by atoms with Crippen LogP contribution < -0.4 is 0 Å². The van der Waals surface area contributed by atoms with Gasteiger partial charge in [-0.2, -0.15) is 0 Å². The van der Waals surface area contributed by atoms with Crippen LogP contribution in [0, 0.1) is 5.92 Å². The molecule has 0 amide bonds. The van der Waals surface area contributed by atoms with Crippen LogP contribution >= 0.6 is 0 Å². The van der Waals surface area contributed by atoms with Crippen molar-refractivity contribution in [3.8, 4) is 0 Å². The summed E-state index contributed by atoms with van der Waals surface area (Å²) in [5.74, 6) is 0.268. The Kier molecular flexibility index (Phi) is 1.84. The standard InChI is InChI=1S/C13H14O2/c14-13(15)12-7-11(12)10-3-1-2-9(6-10)8-4-5-8/h1-3,6,8,11-12H,4-5,7H2,(H,14,15)/t11-,12+/m1/s1. The first-order valence-corrected chi connectivity index (χ1v) is 5.58. The van der Waals surface area contributed by atoms with Gasteiger partial charge in [0.2, 0.25) is 0 Å². The van der Waals surface area contributed by atoms with E-state index in [-0.39, 0.29) is 11.8 Å². The lowest BCUT2D eigenvalue weighted by Gasteiger charge is -2.02. The van der Waals surface area contributed by atoms with Crippen molar-refractivity contribution < 1.29 is 9.90 Å². The maximum absolute atomic E-state index is 10.8. The van der Waals surface area contributed by atoms with Gasteiger partial charge in [-0.05, 0) is 42.2 Å². The first-order chi connectivity index (χ1) is 7.25. The fourth-order valence-corrected chi connectivity index (χ4v) is 2.30. The van der Waals surface area contributed by atoms with E-state index < -0.39 is 5.97 Å². The number of benzene rings is 1. The molecular formula is C13H14O2. The summed E-state index contributed by atoms with van der Waals surface area (Å²) in [5.41, 5.74) is 2.63. The molecule has 0 heterocycles. The number of rotatable bonds is 3. The highest BCUT2D eigenvalue weighted by Gasteiger charge is 2.44. The van der Waals surface area contributed by atoms with Gasteiger partial charge in [-0.25, -0.2) is 0 Å². The average Bonchev–Trinajstić information content (AvgIpc) is 3.10. The van der Waals surface area contributed by atoms with Crippen molar-refractivity contribution in [1.82, 2.24) is 0 Å². The Balaban J connectivity index is 1.81. The van der Waals surface area contributed by atoms with Gasteiger partial charge in [-0.1, -0.05) is 24.3 Å². The summed E-state index contributed by atoms with van der Waals surface area (Å²) in [6.45, 7) is 0. The molecular weight excluding hydrogens is 188 g/mol. The normalized spacial score (nSPS) is 28.8. The predicted octanol–water partition coefficient (Wildman–Crippen LogP) is 2.75. The monoisotopic (exact) mass is 202 g/mol. The first-order valence-electron chi connectivity index (χ1n) is 5.58. The second-order valence-electron chi connectivity index (χ2n) is 4.73. The zero-order valence-electron chi connectivity index (χ0n) is 8.52. The number of carboxylic acids is 1. The van der Waals surface area contributed by atoms with Crippen molar-refractivity contribution in [3.05, 3.63) is 35.4 Å². The molecule has 1 aromatic carbocycles. The molecule has 0 unspecified atom stereocenters. The molecule has 2 aliphatic rings. The van der Waals surface area contributed by atoms with Crippen molar-refractivity contribution in [2.75, 3.05) is 0 Å². The highest BCUT2D eigenvalue weighted by Crippen LogP contribution is 2.49. The molecule has 15 heavy (non-hydrogen) atoms. The van der Waals surface area contributed by atoms with Crippen molar-refractivity contribution in [2.24, 2.45) is 5.92 Å². The summed E-state index contributed by atoms with van der Waals surface area (Å²) in [6, 6.07) is 8.52. The maximum atomic E-state index is 10.8. The van der Waals surface area contributed by atoms with Crippen LogP contribution in [0.3, 0.4) is 0 Å². The molecule has 2 aliphatic carbocycles. The summed E-state index contributed by atoms with van der Waals surface area (Å²) in [4.78, 5) is 10.8. The Morgan fingerprint density at radius 1 is 1.27 bits per heavy atom. The summed E-state index contributed by atoms with van der Waals surface area (Å²) in [7, 11) is 0. The number of carboxylic acid groups (broad SMARTS) is 1. The molecule has 2 nitrogen and oxygen atoms in total. The molecule has 1 N–H and O–H groups in total. The van der Waals surface area contributed by atoms with Crippen LogP contribution in [0.15, 0.2) is 24.3 Å². The van der Waals surface area contributed by atoms with Crippen molar-refractivity contribution >= 4 is 5.97 Å². The van der Waals surface area contributed by atoms with Crippen LogP contribution in [0.2, 0.25) is 0 Å². The molecule has 0 spiro atoms. The van der Waals surface area contributed by atoms with Gasteiger partial charge in [0.1, 0.15) is 0 Å². The van der Waals surface area contributed by atoms with Crippen molar-refractivity contribution in [2.45, 2.75) is 31.1 Å². The van der Waals surface area contributed by atoms with Crippen LogP contribution in [-0.2, 0) is 4.79 Å². The third kappa shape index (κ3) is 1.65. The Hall–Kier alpha value is -1.31. The second kappa shape index (κ2) is 3.09. The minimum atomic E-state index is -0.642. The van der Waals surface area contributed by atoms with Crippen molar-refractivity contribution in [1.29, 1.82) is 0 Å². The van der Waals surface area contributed by atoms with Gasteiger partial charge in [0.15, 0.2) is 0 Å². The summed E-state index contributed by atoms with van der Waals surface area (Å²) >= 11 is 0. The zero-order chi connectivity index (χ0) is 10.4. The molecule has 0 radical (unpaired) electrons. The topological polar surface area (TPSA) is 37.3 Å². The van der Waals surface area contributed by atoms with Gasteiger partial charge < -0.3 is 5.11 Å². The fraction of sp³-hybridized carbons (Fsp3) is 0.462. The highest BCUT2D eigenvalue weighted by molar-refractivity contribution is 5.75. The molecule has 0 aromatic heterocycles. The minimum Gasteiger partial charge on any atom is -0.481 e. The van der Waals surface area contributed by atoms with E-state index in [2.05, 4.69) is 24.3 Å². The molecule has 2 fully saturated rings. The smallest absolute Gasteiger partial charge is 0.307 e. The molecule has 1 aromatic rings. The Bertz CT molecular complexity index is 407. The number of hydrogen-bond acceptors (Lipinski definition) is 1. The van der Waals surface area contributed by atoms with Gasteiger partial charge in [-0.15, -0.1) is 0 Å². The summed E-state index contributed by atoms with van der Waals surface area (Å²) in [5, 5.41) is 8.88. The van der Waals surface area contributed by atoms with Crippen LogP contribution in [0.25, 0.3) is 0 Å². The maximum Gasteiger partial charge on any atom is 0.307 e. The molecule has 0 bridgehead atoms. The largest absolute Gasteiger partial charge is 0.481 e. The lowest BCUT2D eigenvalue weighted by Crippen LogP contribution is -1.99. The molecule has 0 saturated heterocycles. The van der Waals surface area contributed by atoms with E-state index in [0.717, 1.165) is 12.3 Å². The molecule has 78 valence electrons. The van der Waals surface area contributed by atoms with Crippen LogP contribution in [0.4, 0.5) is 0 Å². The van der Waals surface area contributed by atoms with Gasteiger partial charge >= 0.3 is 5.97 Å². The molecule has 2 atom stereocenters. The Morgan fingerprint density at radius 2 is 2.00 bits per heavy atom. The SMILES string of the molecule is O=C(O)[C@H]1C[C@@H]1c1cccc(C2CC2)c1. The number of aliphatic carboxylic acids is 1. The Morgan fingerprint density at radius 3 is 2.60 bits per heavy atom. The van der Waals surface area contributed by atoms with Gasteiger partial charge in [-0.3, -0.25) is 4.79 Å². The van der Waals surface area contributed by atoms with E-state index in [0.29, 0.717) is 0 Å².